The quantitative estimate of drug-likeness (QED) is 0.944. The molecule has 4 nitrogen and oxygen atoms in total. The fourth-order valence-corrected chi connectivity index (χ4v) is 3.29. The van der Waals surface area contributed by atoms with Crippen molar-refractivity contribution >= 4 is 10.9 Å². The molecular weight excluding hydrogens is 278 g/mol. The number of fused-ring (bicyclic) bond motifs is 1. The normalized spacial score (nSPS) is 31.8. The molecular formula is C18H25NO3. The average molecular weight is 306 g/mol. The summed E-state index contributed by atoms with van der Waals surface area (Å²) in [5.74, 6) is -0.210. The fourth-order valence-electron chi connectivity index (χ4n) is 3.29. The molecule has 1 saturated heterocycles. The molecule has 1 aromatic carbocycles. The number of aromatic nitrogens is 1. The molecule has 0 radical (unpaired) electrons. The lowest BCUT2D eigenvalue weighted by Crippen LogP contribution is -2.46. The summed E-state index contributed by atoms with van der Waals surface area (Å²) in [5.41, 5.74) is 2.31. The second kappa shape index (κ2) is 6.41. The lowest BCUT2D eigenvalue weighted by atomic mass is 9.94. The highest BCUT2D eigenvalue weighted by molar-refractivity contribution is 5.84. The van der Waals surface area contributed by atoms with Crippen molar-refractivity contribution in [1.29, 1.82) is 0 Å². The van der Waals surface area contributed by atoms with Crippen LogP contribution in [0.4, 0.5) is 0 Å². The van der Waals surface area contributed by atoms with Gasteiger partial charge in [-0.1, -0.05) is 38.5 Å². The van der Waals surface area contributed by atoms with Gasteiger partial charge in [-0.05, 0) is 18.1 Å². The van der Waals surface area contributed by atoms with Gasteiger partial charge >= 0.3 is 0 Å². The van der Waals surface area contributed by atoms with E-state index < -0.39 is 25.5 Å². The zero-order valence-corrected chi connectivity index (χ0v) is 13.1. The number of ether oxygens (including phenoxy) is 2. The summed E-state index contributed by atoms with van der Waals surface area (Å²) >= 11 is 0. The highest BCUT2D eigenvalue weighted by Crippen LogP contribution is 2.34. The molecule has 1 N–H and O–H groups in total. The molecule has 0 bridgehead atoms. The Morgan fingerprint density at radius 3 is 3.14 bits per heavy atom. The zero-order valence-electron chi connectivity index (χ0n) is 15.1. The number of benzene rings is 1. The first-order valence-electron chi connectivity index (χ1n) is 9.06. The molecule has 1 fully saturated rings. The van der Waals surface area contributed by atoms with Crippen molar-refractivity contribution in [2.24, 2.45) is 5.92 Å². The summed E-state index contributed by atoms with van der Waals surface area (Å²) in [6.45, 7) is 4.30. The number of hydrogen-bond donors (Lipinski definition) is 1. The van der Waals surface area contributed by atoms with Crippen LogP contribution in [0.25, 0.3) is 10.9 Å². The van der Waals surface area contributed by atoms with Crippen LogP contribution >= 0.6 is 0 Å². The molecule has 1 aliphatic heterocycles. The topological polar surface area (TPSA) is 43.6 Å². The molecule has 0 saturated carbocycles. The van der Waals surface area contributed by atoms with Crippen LogP contribution < -0.4 is 0 Å². The van der Waals surface area contributed by atoms with Gasteiger partial charge in [0.2, 0.25) is 0 Å². The Labute approximate surface area is 134 Å². The minimum Gasteiger partial charge on any atom is -0.388 e. The number of hydrogen-bond acceptors (Lipinski definition) is 3. The van der Waals surface area contributed by atoms with Crippen LogP contribution in [0, 0.1) is 5.92 Å². The maximum Gasteiger partial charge on any atom is 0.160 e. The van der Waals surface area contributed by atoms with Crippen LogP contribution in [-0.4, -0.2) is 35.6 Å². The number of methoxy groups -OCH3 is 1. The summed E-state index contributed by atoms with van der Waals surface area (Å²) in [6, 6.07) is 8.16. The van der Waals surface area contributed by atoms with E-state index in [1.807, 2.05) is 29.7 Å². The number of rotatable bonds is 4. The molecule has 0 spiro atoms. The van der Waals surface area contributed by atoms with Crippen molar-refractivity contribution in [3.05, 3.63) is 36.0 Å². The van der Waals surface area contributed by atoms with E-state index in [0.29, 0.717) is 0 Å². The third-order valence-corrected chi connectivity index (χ3v) is 4.64. The molecule has 1 aromatic heterocycles. The number of nitrogens with zero attached hydrogens (tertiary/aromatic N) is 1. The van der Waals surface area contributed by atoms with E-state index in [-0.39, 0.29) is 12.5 Å². The van der Waals surface area contributed by atoms with E-state index in [1.165, 1.54) is 10.9 Å². The van der Waals surface area contributed by atoms with Crippen molar-refractivity contribution in [3.8, 4) is 0 Å². The Bertz CT molecular complexity index is 688. The van der Waals surface area contributed by atoms with Gasteiger partial charge < -0.3 is 19.1 Å². The second-order valence-corrected chi connectivity index (χ2v) is 6.08. The first-order valence-corrected chi connectivity index (χ1v) is 7.91. The van der Waals surface area contributed by atoms with Gasteiger partial charge in [0.05, 0.1) is 21.0 Å². The minimum absolute atomic E-state index is 0.210. The molecule has 0 aliphatic carbocycles. The van der Waals surface area contributed by atoms with E-state index >= 15 is 0 Å². The number of para-hydroxylation sites is 1. The smallest absolute Gasteiger partial charge is 0.160 e. The van der Waals surface area contributed by atoms with Crippen LogP contribution in [0.15, 0.2) is 30.5 Å². The van der Waals surface area contributed by atoms with Gasteiger partial charge in [-0.3, -0.25) is 0 Å². The molecule has 4 heteroatoms. The van der Waals surface area contributed by atoms with Crippen molar-refractivity contribution in [2.45, 2.75) is 45.1 Å². The number of aryl methyl sites for hydroxylation is 1. The Kier molecular flexibility index (Phi) is 3.82. The summed E-state index contributed by atoms with van der Waals surface area (Å²) in [5, 5.41) is 11.9. The van der Waals surface area contributed by atoms with Crippen molar-refractivity contribution in [3.63, 3.8) is 0 Å². The van der Waals surface area contributed by atoms with Gasteiger partial charge in [-0.2, -0.15) is 0 Å². The zero-order chi connectivity index (χ0) is 17.3. The average Bonchev–Trinajstić information content (AvgIpc) is 2.91. The van der Waals surface area contributed by atoms with Gasteiger partial charge in [-0.15, -0.1) is 0 Å². The minimum atomic E-state index is -1.37. The van der Waals surface area contributed by atoms with Gasteiger partial charge in [0, 0.05) is 24.6 Å². The summed E-state index contributed by atoms with van der Waals surface area (Å²) in [4.78, 5) is 0. The first kappa shape index (κ1) is 13.1. The third kappa shape index (κ3) is 2.56. The fraction of sp³-hybridized carbons (Fsp3) is 0.556. The second-order valence-electron chi connectivity index (χ2n) is 6.08. The van der Waals surface area contributed by atoms with Gasteiger partial charge in [0.15, 0.2) is 6.23 Å². The highest BCUT2D eigenvalue weighted by Gasteiger charge is 2.38. The lowest BCUT2D eigenvalue weighted by Gasteiger charge is -2.38. The summed E-state index contributed by atoms with van der Waals surface area (Å²) in [6.07, 6.45) is 2.44. The molecule has 5 atom stereocenters. The van der Waals surface area contributed by atoms with Crippen LogP contribution in [0.3, 0.4) is 0 Å². The maximum atomic E-state index is 10.7. The van der Waals surface area contributed by atoms with E-state index in [1.54, 1.807) is 0 Å². The molecule has 2 heterocycles. The third-order valence-electron chi connectivity index (χ3n) is 4.64. The van der Waals surface area contributed by atoms with Crippen molar-refractivity contribution < 1.29 is 17.3 Å². The standard InChI is InChI=1S/C18H25NO3/c1-4-7-13-10-19(15-9-6-5-8-14(13)15)18-17(20)12(2)16(21-3)11-22-18/h5-6,8-10,12,16-18,20H,4,7,11H2,1-3H3/i3TD. The highest BCUT2D eigenvalue weighted by atomic mass is 16.6. The Hall–Kier alpha value is -1.36. The van der Waals surface area contributed by atoms with Crippen LogP contribution in [-0.2, 0) is 15.9 Å². The molecule has 3 rings (SSSR count). The van der Waals surface area contributed by atoms with Gasteiger partial charge in [-0.25, -0.2) is 0 Å². The predicted octanol–water partition coefficient (Wildman–Crippen LogP) is 3.13. The first-order chi connectivity index (χ1) is 11.5. The predicted molar refractivity (Wildman–Crippen MR) is 86.9 cm³/mol. The SMILES string of the molecule is [2H]C([3H])OC1COC(n2cc(CCC)c3ccccc32)C(O)C1C. The number of aliphatic hydroxyl groups is 1. The van der Waals surface area contributed by atoms with E-state index in [2.05, 4.69) is 19.2 Å². The summed E-state index contributed by atoms with van der Waals surface area (Å²) < 4.78 is 27.6. The number of aliphatic hydroxyl groups excluding tert-OH is 1. The largest absolute Gasteiger partial charge is 0.388 e. The van der Waals surface area contributed by atoms with Gasteiger partial charge in [0.25, 0.3) is 0 Å². The molecule has 1 aliphatic rings. The Balaban J connectivity index is 1.91. The molecule has 5 unspecified atom stereocenters. The van der Waals surface area contributed by atoms with Crippen molar-refractivity contribution in [2.75, 3.05) is 13.7 Å². The Morgan fingerprint density at radius 1 is 1.55 bits per heavy atom. The molecule has 22 heavy (non-hydrogen) atoms. The van der Waals surface area contributed by atoms with E-state index in [0.717, 1.165) is 18.4 Å². The molecule has 120 valence electrons. The molecule has 2 aromatic rings. The summed E-state index contributed by atoms with van der Waals surface area (Å²) in [7, 11) is -1.37. The maximum absolute atomic E-state index is 10.7. The van der Waals surface area contributed by atoms with Crippen molar-refractivity contribution in [1.82, 2.24) is 4.57 Å². The van der Waals surface area contributed by atoms with Crippen LogP contribution in [0.5, 0.6) is 0 Å². The lowest BCUT2D eigenvalue weighted by molar-refractivity contribution is -0.189. The van der Waals surface area contributed by atoms with Crippen LogP contribution in [0.2, 0.25) is 0 Å². The monoisotopic (exact) mass is 306 g/mol. The van der Waals surface area contributed by atoms with E-state index in [4.69, 9.17) is 12.2 Å². The van der Waals surface area contributed by atoms with Gasteiger partial charge in [0.1, 0.15) is 6.10 Å². The Morgan fingerprint density at radius 2 is 2.36 bits per heavy atom. The van der Waals surface area contributed by atoms with E-state index in [9.17, 15) is 5.11 Å². The van der Waals surface area contributed by atoms with Crippen LogP contribution in [0.1, 0.15) is 34.8 Å². The molecule has 0 amide bonds.